The maximum absolute atomic E-state index is 12.6. The van der Waals surface area contributed by atoms with Gasteiger partial charge in [-0.2, -0.15) is 28.1 Å². The van der Waals surface area contributed by atoms with E-state index in [1.165, 1.54) is 0 Å². The van der Waals surface area contributed by atoms with Crippen LogP contribution >= 0.6 is 11.8 Å². The van der Waals surface area contributed by atoms with Crippen molar-refractivity contribution in [2.45, 2.75) is 23.5 Å². The van der Waals surface area contributed by atoms with Crippen LogP contribution in [0.1, 0.15) is 23.8 Å². The lowest BCUT2D eigenvalue weighted by molar-refractivity contribution is -0.146. The SMILES string of the molecule is CC(Sc1nnc(C(F)(F)F)n1N)c1nc(N)nc(N(C)C)n1. The molecule has 0 amide bonds. The van der Waals surface area contributed by atoms with Gasteiger partial charge < -0.3 is 16.5 Å². The van der Waals surface area contributed by atoms with Crippen molar-refractivity contribution in [3.8, 4) is 0 Å². The number of hydrogen-bond acceptors (Lipinski definition) is 9. The Morgan fingerprint density at radius 2 is 1.83 bits per heavy atom. The van der Waals surface area contributed by atoms with E-state index in [2.05, 4.69) is 25.1 Å². The van der Waals surface area contributed by atoms with Gasteiger partial charge in [-0.1, -0.05) is 11.8 Å². The van der Waals surface area contributed by atoms with Gasteiger partial charge in [-0.3, -0.25) is 0 Å². The largest absolute Gasteiger partial charge is 0.453 e. The molecule has 126 valence electrons. The van der Waals surface area contributed by atoms with Crippen molar-refractivity contribution in [1.29, 1.82) is 0 Å². The van der Waals surface area contributed by atoms with Crippen molar-refractivity contribution in [2.24, 2.45) is 0 Å². The lowest BCUT2D eigenvalue weighted by atomic mass is 10.4. The average Bonchev–Trinajstić information content (AvgIpc) is 2.79. The molecule has 2 aromatic heterocycles. The van der Waals surface area contributed by atoms with Gasteiger partial charge in [0.1, 0.15) is 5.82 Å². The van der Waals surface area contributed by atoms with Crippen LogP contribution in [0.5, 0.6) is 0 Å². The van der Waals surface area contributed by atoms with Crippen molar-refractivity contribution in [3.63, 3.8) is 0 Å². The molecule has 2 heterocycles. The van der Waals surface area contributed by atoms with Crippen molar-refractivity contribution >= 4 is 23.7 Å². The third-order valence-corrected chi connectivity index (χ3v) is 3.68. The van der Waals surface area contributed by atoms with Gasteiger partial charge in [-0.25, -0.2) is 4.68 Å². The van der Waals surface area contributed by atoms with Gasteiger partial charge in [0.05, 0.1) is 5.25 Å². The minimum absolute atomic E-state index is 0.0105. The molecule has 0 aliphatic carbocycles. The molecule has 0 aromatic carbocycles. The summed E-state index contributed by atoms with van der Waals surface area (Å²) < 4.78 is 38.3. The zero-order chi connectivity index (χ0) is 17.4. The van der Waals surface area contributed by atoms with Crippen LogP contribution in [-0.4, -0.2) is 43.9 Å². The number of rotatable bonds is 4. The van der Waals surface area contributed by atoms with E-state index in [4.69, 9.17) is 11.6 Å². The van der Waals surface area contributed by atoms with E-state index in [-0.39, 0.29) is 11.1 Å². The minimum Gasteiger partial charge on any atom is -0.368 e. The molecule has 0 aliphatic rings. The number of alkyl halides is 3. The summed E-state index contributed by atoms with van der Waals surface area (Å²) in [6.07, 6.45) is -4.68. The first-order valence-corrected chi connectivity index (χ1v) is 7.10. The first-order valence-electron chi connectivity index (χ1n) is 6.22. The van der Waals surface area contributed by atoms with Crippen LogP contribution in [0.2, 0.25) is 0 Å². The van der Waals surface area contributed by atoms with E-state index < -0.39 is 17.3 Å². The molecule has 0 spiro atoms. The fourth-order valence-corrected chi connectivity index (χ4v) is 2.36. The quantitative estimate of drug-likeness (QED) is 0.606. The van der Waals surface area contributed by atoms with E-state index in [1.54, 1.807) is 25.9 Å². The molecule has 1 atom stereocenters. The van der Waals surface area contributed by atoms with Gasteiger partial charge in [0.25, 0.3) is 5.82 Å². The zero-order valence-electron chi connectivity index (χ0n) is 12.4. The highest BCUT2D eigenvalue weighted by molar-refractivity contribution is 7.99. The van der Waals surface area contributed by atoms with Crippen molar-refractivity contribution in [3.05, 3.63) is 11.6 Å². The Morgan fingerprint density at radius 3 is 2.35 bits per heavy atom. The van der Waals surface area contributed by atoms with Gasteiger partial charge in [0, 0.05) is 14.1 Å². The number of nitrogens with two attached hydrogens (primary N) is 2. The average molecular weight is 349 g/mol. The highest BCUT2D eigenvalue weighted by Gasteiger charge is 2.38. The normalized spacial score (nSPS) is 13.1. The Labute approximate surface area is 133 Å². The Morgan fingerprint density at radius 1 is 1.17 bits per heavy atom. The Hall–Kier alpha value is -2.31. The molecule has 23 heavy (non-hydrogen) atoms. The third kappa shape index (κ3) is 3.72. The third-order valence-electron chi connectivity index (χ3n) is 2.62. The van der Waals surface area contributed by atoms with E-state index in [1.807, 2.05) is 0 Å². The second-order valence-electron chi connectivity index (χ2n) is 4.68. The standard InChI is InChI=1S/C10H14F3N9S/c1-4(5-16-7(14)18-8(17-5)21(2)3)23-9-20-19-6(22(9)15)10(11,12)13/h4H,15H2,1-3H3,(H2,14,16,17,18). The number of hydrogen-bond donors (Lipinski definition) is 2. The number of thioether (sulfide) groups is 1. The van der Waals surface area contributed by atoms with Gasteiger partial charge in [-0.15, -0.1) is 10.2 Å². The van der Waals surface area contributed by atoms with Crippen LogP contribution in [0.15, 0.2) is 5.16 Å². The fraction of sp³-hybridized carbons (Fsp3) is 0.500. The summed E-state index contributed by atoms with van der Waals surface area (Å²) in [5.74, 6) is 4.75. The van der Waals surface area contributed by atoms with Gasteiger partial charge in [0.2, 0.25) is 17.1 Å². The van der Waals surface area contributed by atoms with Gasteiger partial charge >= 0.3 is 6.18 Å². The van der Waals surface area contributed by atoms with Crippen LogP contribution < -0.4 is 16.5 Å². The Balaban J connectivity index is 2.26. The molecule has 2 aromatic rings. The molecular weight excluding hydrogens is 335 g/mol. The highest BCUT2D eigenvalue weighted by atomic mass is 32.2. The topological polar surface area (TPSA) is 125 Å². The second kappa shape index (κ2) is 6.06. The molecule has 0 radical (unpaired) electrons. The van der Waals surface area contributed by atoms with Crippen molar-refractivity contribution < 1.29 is 13.2 Å². The molecule has 0 bridgehead atoms. The van der Waals surface area contributed by atoms with E-state index in [0.717, 1.165) is 11.8 Å². The van der Waals surface area contributed by atoms with E-state index in [9.17, 15) is 13.2 Å². The van der Waals surface area contributed by atoms with Crippen LogP contribution in [0.4, 0.5) is 25.1 Å². The smallest absolute Gasteiger partial charge is 0.368 e. The zero-order valence-corrected chi connectivity index (χ0v) is 13.2. The molecule has 0 saturated carbocycles. The number of anilines is 2. The summed E-state index contributed by atoms with van der Waals surface area (Å²) in [5.41, 5.74) is 5.61. The maximum Gasteiger partial charge on any atom is 0.453 e. The minimum atomic E-state index is -4.68. The summed E-state index contributed by atoms with van der Waals surface area (Å²) in [6.45, 7) is 1.68. The first kappa shape index (κ1) is 17.1. The molecule has 0 saturated heterocycles. The molecular formula is C10H14F3N9S. The summed E-state index contributed by atoms with van der Waals surface area (Å²) in [6, 6.07) is 0. The number of halogens is 3. The van der Waals surface area contributed by atoms with Crippen LogP contribution in [0, 0.1) is 0 Å². The highest BCUT2D eigenvalue weighted by Crippen LogP contribution is 2.34. The molecule has 0 aliphatic heterocycles. The van der Waals surface area contributed by atoms with Crippen molar-refractivity contribution in [2.75, 3.05) is 30.6 Å². The first-order chi connectivity index (χ1) is 10.6. The number of aromatic nitrogens is 6. The van der Waals surface area contributed by atoms with E-state index >= 15 is 0 Å². The number of nitrogen functional groups attached to an aromatic ring is 2. The maximum atomic E-state index is 12.6. The Bertz CT molecular complexity index is 699. The number of nitrogens with zero attached hydrogens (tertiary/aromatic N) is 7. The molecule has 0 fully saturated rings. The second-order valence-corrected chi connectivity index (χ2v) is 5.99. The van der Waals surface area contributed by atoms with Gasteiger partial charge in [-0.05, 0) is 6.92 Å². The van der Waals surface area contributed by atoms with Crippen LogP contribution in [-0.2, 0) is 6.18 Å². The predicted molar refractivity (Wildman–Crippen MR) is 78.0 cm³/mol. The molecule has 1 unspecified atom stereocenters. The van der Waals surface area contributed by atoms with Crippen molar-refractivity contribution in [1.82, 2.24) is 29.8 Å². The summed E-state index contributed by atoms with van der Waals surface area (Å²) in [4.78, 5) is 13.8. The van der Waals surface area contributed by atoms with E-state index in [0.29, 0.717) is 16.4 Å². The molecule has 13 heteroatoms. The molecule has 2 rings (SSSR count). The monoisotopic (exact) mass is 349 g/mol. The lowest BCUT2D eigenvalue weighted by Crippen LogP contribution is -2.21. The van der Waals surface area contributed by atoms with Gasteiger partial charge in [0.15, 0.2) is 0 Å². The lowest BCUT2D eigenvalue weighted by Gasteiger charge is -2.14. The molecule has 4 N–H and O–H groups in total. The summed E-state index contributed by atoms with van der Waals surface area (Å²) in [7, 11) is 3.45. The summed E-state index contributed by atoms with van der Waals surface area (Å²) in [5, 5.41) is 5.92. The predicted octanol–water partition coefficient (Wildman–Crippen LogP) is 0.697. The fourth-order valence-electron chi connectivity index (χ4n) is 1.54. The van der Waals surface area contributed by atoms with Crippen LogP contribution in [0.25, 0.3) is 0 Å². The summed E-state index contributed by atoms with van der Waals surface area (Å²) >= 11 is 0.927. The van der Waals surface area contributed by atoms with Crippen LogP contribution in [0.3, 0.4) is 0 Å². The Kier molecular flexibility index (Phi) is 4.49. The molecule has 9 nitrogen and oxygen atoms in total.